The van der Waals surface area contributed by atoms with E-state index in [-0.39, 0.29) is 0 Å². The summed E-state index contributed by atoms with van der Waals surface area (Å²) in [5, 5.41) is 10.9. The Morgan fingerprint density at radius 1 is 1.53 bits per heavy atom. The number of anilines is 1. The number of hydrazine groups is 1. The zero-order chi connectivity index (χ0) is 10.8. The highest BCUT2D eigenvalue weighted by Gasteiger charge is 2.07. The van der Waals surface area contributed by atoms with E-state index in [1.165, 1.54) is 0 Å². The van der Waals surface area contributed by atoms with Gasteiger partial charge < -0.3 is 10.7 Å². The summed E-state index contributed by atoms with van der Waals surface area (Å²) in [6.07, 6.45) is 0. The SMILES string of the molecule is Cc1ccc2c(NC(=S)NN)n[nH]c2n1. The lowest BCUT2D eigenvalue weighted by molar-refractivity contribution is 1.04. The van der Waals surface area contributed by atoms with Gasteiger partial charge in [-0.05, 0) is 31.3 Å². The molecule has 0 aliphatic carbocycles. The number of aromatic nitrogens is 3. The van der Waals surface area contributed by atoms with Crippen LogP contribution < -0.4 is 16.6 Å². The molecule has 0 saturated carbocycles. The van der Waals surface area contributed by atoms with Crippen molar-refractivity contribution >= 4 is 34.2 Å². The largest absolute Gasteiger partial charge is 0.314 e. The predicted octanol–water partition coefficient (Wildman–Crippen LogP) is 0.426. The maximum atomic E-state index is 5.15. The van der Waals surface area contributed by atoms with Crippen LogP contribution in [0.3, 0.4) is 0 Å². The second-order valence-electron chi connectivity index (χ2n) is 3.02. The van der Waals surface area contributed by atoms with Crippen LogP contribution in [0.25, 0.3) is 11.0 Å². The maximum absolute atomic E-state index is 5.15. The molecule has 2 aromatic rings. The number of hydrogen-bond acceptors (Lipinski definition) is 4. The zero-order valence-corrected chi connectivity index (χ0v) is 8.85. The van der Waals surface area contributed by atoms with Crippen LogP contribution >= 0.6 is 12.2 Å². The number of aryl methyl sites for hydroxylation is 1. The van der Waals surface area contributed by atoms with Crippen LogP contribution in [-0.4, -0.2) is 20.3 Å². The van der Waals surface area contributed by atoms with Gasteiger partial charge in [-0.3, -0.25) is 5.10 Å². The van der Waals surface area contributed by atoms with Gasteiger partial charge in [-0.15, -0.1) is 0 Å². The number of rotatable bonds is 1. The van der Waals surface area contributed by atoms with E-state index in [0.29, 0.717) is 10.9 Å². The monoisotopic (exact) mass is 222 g/mol. The summed E-state index contributed by atoms with van der Waals surface area (Å²) >= 11 is 4.87. The van der Waals surface area contributed by atoms with Crippen LogP contribution in [0.2, 0.25) is 0 Å². The van der Waals surface area contributed by atoms with Crippen molar-refractivity contribution in [3.8, 4) is 0 Å². The van der Waals surface area contributed by atoms with Gasteiger partial charge in [0.2, 0.25) is 0 Å². The number of thiocarbonyl (C=S) groups is 1. The summed E-state index contributed by atoms with van der Waals surface area (Å²) in [7, 11) is 0. The molecular weight excluding hydrogens is 212 g/mol. The quantitative estimate of drug-likeness (QED) is 0.318. The van der Waals surface area contributed by atoms with E-state index in [0.717, 1.165) is 16.7 Å². The van der Waals surface area contributed by atoms with Crippen LogP contribution in [0.4, 0.5) is 5.82 Å². The Balaban J connectivity index is 2.41. The molecule has 2 aromatic heterocycles. The van der Waals surface area contributed by atoms with Crippen molar-refractivity contribution in [2.45, 2.75) is 6.92 Å². The van der Waals surface area contributed by atoms with E-state index >= 15 is 0 Å². The minimum Gasteiger partial charge on any atom is -0.314 e. The summed E-state index contributed by atoms with van der Waals surface area (Å²) in [6, 6.07) is 3.82. The number of hydrogen-bond donors (Lipinski definition) is 4. The number of H-pyrrole nitrogens is 1. The lowest BCUT2D eigenvalue weighted by Gasteiger charge is -2.02. The first-order valence-corrected chi connectivity index (χ1v) is 4.71. The van der Waals surface area contributed by atoms with Gasteiger partial charge in [-0.1, -0.05) is 0 Å². The van der Waals surface area contributed by atoms with Crippen molar-refractivity contribution in [3.63, 3.8) is 0 Å². The number of fused-ring (bicyclic) bond motifs is 1. The van der Waals surface area contributed by atoms with Crippen LogP contribution in [0.15, 0.2) is 12.1 Å². The molecule has 2 heterocycles. The number of nitrogens with two attached hydrogens (primary N) is 1. The van der Waals surface area contributed by atoms with E-state index < -0.39 is 0 Å². The van der Waals surface area contributed by atoms with Crippen molar-refractivity contribution < 1.29 is 0 Å². The smallest absolute Gasteiger partial charge is 0.186 e. The highest BCUT2D eigenvalue weighted by Crippen LogP contribution is 2.18. The fraction of sp³-hybridized carbons (Fsp3) is 0.125. The molecule has 0 aromatic carbocycles. The van der Waals surface area contributed by atoms with Gasteiger partial charge in [0, 0.05) is 5.69 Å². The third-order valence-electron chi connectivity index (χ3n) is 1.93. The van der Waals surface area contributed by atoms with E-state index in [4.69, 9.17) is 18.1 Å². The number of nitrogens with one attached hydrogen (secondary N) is 3. The molecule has 7 heteroatoms. The van der Waals surface area contributed by atoms with Gasteiger partial charge in [0.05, 0.1) is 5.39 Å². The summed E-state index contributed by atoms with van der Waals surface area (Å²) in [5.74, 6) is 5.76. The van der Waals surface area contributed by atoms with Crippen molar-refractivity contribution in [2.75, 3.05) is 5.32 Å². The minimum absolute atomic E-state index is 0.309. The standard InChI is InChI=1S/C8H10N6S/c1-4-2-3-5-6(10-4)13-14-7(5)11-8(15)12-9/h2-3H,9H2,1H3,(H3,10,11,12,13,14,15). The zero-order valence-electron chi connectivity index (χ0n) is 8.03. The van der Waals surface area contributed by atoms with Crippen LogP contribution in [0.1, 0.15) is 5.69 Å². The van der Waals surface area contributed by atoms with Gasteiger partial charge in [-0.2, -0.15) is 5.10 Å². The second-order valence-corrected chi connectivity index (χ2v) is 3.43. The molecule has 0 fully saturated rings. The third kappa shape index (κ3) is 1.88. The molecule has 0 unspecified atom stereocenters. The summed E-state index contributed by atoms with van der Waals surface area (Å²) in [4.78, 5) is 4.28. The van der Waals surface area contributed by atoms with Crippen LogP contribution in [0, 0.1) is 6.92 Å². The summed E-state index contributed by atoms with van der Waals surface area (Å²) in [6.45, 7) is 1.92. The fourth-order valence-corrected chi connectivity index (χ4v) is 1.34. The van der Waals surface area contributed by atoms with Crippen molar-refractivity contribution in [1.82, 2.24) is 20.6 Å². The molecule has 0 saturated heterocycles. The van der Waals surface area contributed by atoms with E-state index in [1.54, 1.807) is 0 Å². The molecule has 15 heavy (non-hydrogen) atoms. The average Bonchev–Trinajstić information content (AvgIpc) is 2.60. The van der Waals surface area contributed by atoms with E-state index in [9.17, 15) is 0 Å². The number of nitrogens with zero attached hydrogens (tertiary/aromatic N) is 2. The van der Waals surface area contributed by atoms with Crippen molar-refractivity contribution in [2.24, 2.45) is 5.84 Å². The first-order chi connectivity index (χ1) is 7.20. The maximum Gasteiger partial charge on any atom is 0.186 e. The molecule has 78 valence electrons. The molecule has 0 aliphatic rings. The van der Waals surface area contributed by atoms with E-state index in [2.05, 4.69) is 25.9 Å². The first kappa shape index (κ1) is 9.81. The van der Waals surface area contributed by atoms with Gasteiger partial charge in [0.15, 0.2) is 16.6 Å². The van der Waals surface area contributed by atoms with Crippen molar-refractivity contribution in [1.29, 1.82) is 0 Å². The Morgan fingerprint density at radius 3 is 3.07 bits per heavy atom. The molecule has 0 atom stereocenters. The van der Waals surface area contributed by atoms with Gasteiger partial charge >= 0.3 is 0 Å². The minimum atomic E-state index is 0.309. The topological polar surface area (TPSA) is 91.6 Å². The molecular formula is C8H10N6S. The molecule has 0 bridgehead atoms. The molecule has 5 N–H and O–H groups in total. The summed E-state index contributed by atoms with van der Waals surface area (Å²) < 4.78 is 0. The Labute approximate surface area is 91.2 Å². The lowest BCUT2D eigenvalue weighted by atomic mass is 10.3. The molecule has 6 nitrogen and oxygen atoms in total. The highest BCUT2D eigenvalue weighted by atomic mass is 32.1. The predicted molar refractivity (Wildman–Crippen MR) is 62.2 cm³/mol. The van der Waals surface area contributed by atoms with E-state index in [1.807, 2.05) is 19.1 Å². The molecule has 0 amide bonds. The Morgan fingerprint density at radius 2 is 2.33 bits per heavy atom. The molecule has 0 radical (unpaired) electrons. The third-order valence-corrected chi connectivity index (χ3v) is 2.15. The van der Waals surface area contributed by atoms with Gasteiger partial charge in [0.1, 0.15) is 0 Å². The highest BCUT2D eigenvalue weighted by molar-refractivity contribution is 7.80. The lowest BCUT2D eigenvalue weighted by Crippen LogP contribution is -2.34. The van der Waals surface area contributed by atoms with Crippen molar-refractivity contribution in [3.05, 3.63) is 17.8 Å². The van der Waals surface area contributed by atoms with Gasteiger partial charge in [0.25, 0.3) is 0 Å². The molecule has 2 rings (SSSR count). The number of pyridine rings is 1. The Bertz CT molecular complexity index is 505. The normalized spacial score (nSPS) is 10.3. The van der Waals surface area contributed by atoms with Gasteiger partial charge in [-0.25, -0.2) is 10.8 Å². The Hall–Kier alpha value is -1.73. The average molecular weight is 222 g/mol. The van der Waals surface area contributed by atoms with Crippen LogP contribution in [0.5, 0.6) is 0 Å². The van der Waals surface area contributed by atoms with Crippen LogP contribution in [-0.2, 0) is 0 Å². The summed E-state index contributed by atoms with van der Waals surface area (Å²) in [5.41, 5.74) is 3.97. The molecule has 0 aliphatic heterocycles. The second kappa shape index (κ2) is 3.79. The molecule has 0 spiro atoms. The first-order valence-electron chi connectivity index (χ1n) is 4.30. The Kier molecular flexibility index (Phi) is 2.48. The fourth-order valence-electron chi connectivity index (χ4n) is 1.24. The number of aromatic amines is 1.